The van der Waals surface area contributed by atoms with E-state index in [1.54, 1.807) is 6.07 Å². The van der Waals surface area contributed by atoms with Gasteiger partial charge in [-0.1, -0.05) is 13.8 Å². The molecule has 1 aliphatic rings. The van der Waals surface area contributed by atoms with E-state index >= 15 is 0 Å². The molecule has 88 valence electrons. The van der Waals surface area contributed by atoms with E-state index in [1.165, 1.54) is 0 Å². The van der Waals surface area contributed by atoms with Crippen LogP contribution in [0.2, 0.25) is 0 Å². The standard InChI is InChI=1S/C11H17N3O2/c1-7-3-4-9(8(7)2)14-11(16)10(15)13-6-5-12/h7-9H,3-4,6H2,1-2H3,(H,13,15)(H,14,16). The van der Waals surface area contributed by atoms with Crippen molar-refractivity contribution in [3.05, 3.63) is 0 Å². The van der Waals surface area contributed by atoms with Gasteiger partial charge in [-0.2, -0.15) is 5.26 Å². The summed E-state index contributed by atoms with van der Waals surface area (Å²) in [6, 6.07) is 1.83. The maximum absolute atomic E-state index is 11.4. The molecule has 1 rings (SSSR count). The van der Waals surface area contributed by atoms with Crippen LogP contribution in [0.4, 0.5) is 0 Å². The Labute approximate surface area is 95.2 Å². The predicted octanol–water partition coefficient (Wildman–Crippen LogP) is 0.177. The summed E-state index contributed by atoms with van der Waals surface area (Å²) in [6.45, 7) is 4.09. The molecular formula is C11H17N3O2. The Bertz CT molecular complexity index is 322. The molecule has 0 bridgehead atoms. The molecule has 1 aliphatic carbocycles. The minimum Gasteiger partial charge on any atom is -0.345 e. The maximum Gasteiger partial charge on any atom is 0.310 e. The quantitative estimate of drug-likeness (QED) is 0.517. The summed E-state index contributed by atoms with van der Waals surface area (Å²) in [5.41, 5.74) is 0. The smallest absolute Gasteiger partial charge is 0.310 e. The van der Waals surface area contributed by atoms with Gasteiger partial charge < -0.3 is 10.6 Å². The summed E-state index contributed by atoms with van der Waals surface area (Å²) >= 11 is 0. The van der Waals surface area contributed by atoms with Crippen LogP contribution in [-0.4, -0.2) is 24.4 Å². The molecule has 0 heterocycles. The van der Waals surface area contributed by atoms with Gasteiger partial charge in [0.15, 0.2) is 0 Å². The van der Waals surface area contributed by atoms with Crippen LogP contribution in [0.15, 0.2) is 0 Å². The number of rotatable bonds is 2. The molecule has 16 heavy (non-hydrogen) atoms. The number of carbonyl (C=O) groups excluding carboxylic acids is 2. The van der Waals surface area contributed by atoms with Crippen molar-refractivity contribution in [1.82, 2.24) is 10.6 Å². The van der Waals surface area contributed by atoms with Gasteiger partial charge in [-0.25, -0.2) is 0 Å². The van der Waals surface area contributed by atoms with Crippen LogP contribution in [0.25, 0.3) is 0 Å². The van der Waals surface area contributed by atoms with Crippen LogP contribution >= 0.6 is 0 Å². The van der Waals surface area contributed by atoms with E-state index in [0.717, 1.165) is 12.8 Å². The molecule has 3 unspecified atom stereocenters. The zero-order chi connectivity index (χ0) is 12.1. The first-order chi connectivity index (χ1) is 7.56. The number of nitrogens with one attached hydrogen (secondary N) is 2. The first-order valence-electron chi connectivity index (χ1n) is 5.52. The molecule has 2 N–H and O–H groups in total. The highest BCUT2D eigenvalue weighted by molar-refractivity contribution is 6.35. The lowest BCUT2D eigenvalue weighted by atomic mass is 9.98. The third-order valence-corrected chi connectivity index (χ3v) is 3.32. The number of amides is 2. The molecule has 1 saturated carbocycles. The normalized spacial score (nSPS) is 28.2. The second-order valence-electron chi connectivity index (χ2n) is 4.33. The highest BCUT2D eigenvalue weighted by Gasteiger charge is 2.31. The number of nitriles is 1. The van der Waals surface area contributed by atoms with Gasteiger partial charge in [-0.3, -0.25) is 9.59 Å². The predicted molar refractivity (Wildman–Crippen MR) is 58.1 cm³/mol. The first-order valence-corrected chi connectivity index (χ1v) is 5.52. The van der Waals surface area contributed by atoms with E-state index in [-0.39, 0.29) is 12.6 Å². The van der Waals surface area contributed by atoms with Crippen molar-refractivity contribution < 1.29 is 9.59 Å². The van der Waals surface area contributed by atoms with Crippen molar-refractivity contribution in [2.24, 2.45) is 11.8 Å². The van der Waals surface area contributed by atoms with E-state index in [4.69, 9.17) is 5.26 Å². The number of hydrogen-bond acceptors (Lipinski definition) is 3. The van der Waals surface area contributed by atoms with Gasteiger partial charge in [0.1, 0.15) is 6.54 Å². The van der Waals surface area contributed by atoms with Gasteiger partial charge >= 0.3 is 11.8 Å². The van der Waals surface area contributed by atoms with Crippen LogP contribution in [0.3, 0.4) is 0 Å². The zero-order valence-corrected chi connectivity index (χ0v) is 9.62. The zero-order valence-electron chi connectivity index (χ0n) is 9.62. The Hall–Kier alpha value is -1.57. The molecule has 2 amide bonds. The topological polar surface area (TPSA) is 82.0 Å². The molecular weight excluding hydrogens is 206 g/mol. The van der Waals surface area contributed by atoms with Gasteiger partial charge in [0.25, 0.3) is 0 Å². The summed E-state index contributed by atoms with van der Waals surface area (Å²) in [5.74, 6) is -0.394. The van der Waals surface area contributed by atoms with Gasteiger partial charge in [0, 0.05) is 6.04 Å². The fraction of sp³-hybridized carbons (Fsp3) is 0.727. The molecule has 5 heteroatoms. The largest absolute Gasteiger partial charge is 0.345 e. The number of hydrogen-bond donors (Lipinski definition) is 2. The van der Waals surface area contributed by atoms with E-state index < -0.39 is 11.8 Å². The summed E-state index contributed by atoms with van der Waals surface area (Å²) in [4.78, 5) is 22.6. The Morgan fingerprint density at radius 3 is 2.50 bits per heavy atom. The molecule has 0 aromatic rings. The Balaban J connectivity index is 2.40. The van der Waals surface area contributed by atoms with Crippen molar-refractivity contribution in [3.63, 3.8) is 0 Å². The van der Waals surface area contributed by atoms with Crippen LogP contribution in [-0.2, 0) is 9.59 Å². The molecule has 5 nitrogen and oxygen atoms in total. The van der Waals surface area contributed by atoms with Crippen molar-refractivity contribution in [3.8, 4) is 6.07 Å². The van der Waals surface area contributed by atoms with Crippen LogP contribution in [0.5, 0.6) is 0 Å². The Morgan fingerprint density at radius 1 is 1.31 bits per heavy atom. The van der Waals surface area contributed by atoms with E-state index in [9.17, 15) is 9.59 Å². The maximum atomic E-state index is 11.4. The minimum absolute atomic E-state index is 0.0790. The van der Waals surface area contributed by atoms with E-state index in [0.29, 0.717) is 11.8 Å². The van der Waals surface area contributed by atoms with Gasteiger partial charge in [0.05, 0.1) is 6.07 Å². The lowest BCUT2D eigenvalue weighted by molar-refractivity contribution is -0.139. The second kappa shape index (κ2) is 5.50. The third-order valence-electron chi connectivity index (χ3n) is 3.32. The van der Waals surface area contributed by atoms with Crippen LogP contribution < -0.4 is 10.6 Å². The van der Waals surface area contributed by atoms with Crippen molar-refractivity contribution in [1.29, 1.82) is 5.26 Å². The highest BCUT2D eigenvalue weighted by Crippen LogP contribution is 2.30. The van der Waals surface area contributed by atoms with Crippen LogP contribution in [0, 0.1) is 23.2 Å². The lowest BCUT2D eigenvalue weighted by Crippen LogP contribution is -2.45. The molecule has 0 radical (unpaired) electrons. The van der Waals surface area contributed by atoms with Gasteiger partial charge in [-0.05, 0) is 24.7 Å². The molecule has 0 aromatic carbocycles. The van der Waals surface area contributed by atoms with E-state index in [1.807, 2.05) is 0 Å². The van der Waals surface area contributed by atoms with Gasteiger partial charge in [-0.15, -0.1) is 0 Å². The molecule has 0 spiro atoms. The SMILES string of the molecule is CC1CCC(NC(=O)C(=O)NCC#N)C1C. The van der Waals surface area contributed by atoms with Crippen molar-refractivity contribution >= 4 is 11.8 Å². The minimum atomic E-state index is -0.728. The van der Waals surface area contributed by atoms with Crippen molar-refractivity contribution in [2.45, 2.75) is 32.7 Å². The van der Waals surface area contributed by atoms with Gasteiger partial charge in [0.2, 0.25) is 0 Å². The number of nitrogens with zero attached hydrogens (tertiary/aromatic N) is 1. The summed E-state index contributed by atoms with van der Waals surface area (Å²) in [6.07, 6.45) is 1.99. The summed E-state index contributed by atoms with van der Waals surface area (Å²) in [7, 11) is 0. The molecule has 0 aliphatic heterocycles. The number of carbonyl (C=O) groups is 2. The second-order valence-corrected chi connectivity index (χ2v) is 4.33. The average Bonchev–Trinajstić information content (AvgIpc) is 2.57. The summed E-state index contributed by atoms with van der Waals surface area (Å²) in [5, 5.41) is 13.2. The lowest BCUT2D eigenvalue weighted by Gasteiger charge is -2.19. The first kappa shape index (κ1) is 12.5. The summed E-state index contributed by atoms with van der Waals surface area (Å²) < 4.78 is 0. The fourth-order valence-corrected chi connectivity index (χ4v) is 2.00. The third kappa shape index (κ3) is 2.96. The Morgan fingerprint density at radius 2 is 2.00 bits per heavy atom. The van der Waals surface area contributed by atoms with Crippen molar-refractivity contribution in [2.75, 3.05) is 6.54 Å². The fourth-order valence-electron chi connectivity index (χ4n) is 2.00. The molecule has 0 aromatic heterocycles. The molecule has 1 fully saturated rings. The van der Waals surface area contributed by atoms with Crippen LogP contribution in [0.1, 0.15) is 26.7 Å². The molecule has 0 saturated heterocycles. The average molecular weight is 223 g/mol. The monoisotopic (exact) mass is 223 g/mol. The van der Waals surface area contributed by atoms with E-state index in [2.05, 4.69) is 24.5 Å². The highest BCUT2D eigenvalue weighted by atomic mass is 16.2. The molecule has 3 atom stereocenters. The Kier molecular flexibility index (Phi) is 4.29.